The number of hydrogen-bond acceptors (Lipinski definition) is 5. The van der Waals surface area contributed by atoms with Gasteiger partial charge in [-0.3, -0.25) is 14.4 Å². The zero-order valence-electron chi connectivity index (χ0n) is 20.0. The topological polar surface area (TPSA) is 69.7 Å². The number of carbonyl (C=O) groups excluding carboxylic acids is 3. The molecule has 3 unspecified atom stereocenters. The van der Waals surface area contributed by atoms with Gasteiger partial charge < -0.3 is 9.47 Å². The van der Waals surface area contributed by atoms with Gasteiger partial charge in [0.05, 0.1) is 24.5 Å². The molecule has 0 bridgehead atoms. The van der Waals surface area contributed by atoms with Crippen LogP contribution in [-0.4, -0.2) is 24.5 Å². The van der Waals surface area contributed by atoms with Crippen molar-refractivity contribution in [1.82, 2.24) is 0 Å². The highest BCUT2D eigenvalue weighted by Gasteiger charge is 2.49. The van der Waals surface area contributed by atoms with Gasteiger partial charge in [0.25, 0.3) is 0 Å². The molecule has 0 radical (unpaired) electrons. The van der Waals surface area contributed by atoms with Crippen molar-refractivity contribution in [3.8, 4) is 11.5 Å². The quantitative estimate of drug-likeness (QED) is 0.205. The van der Waals surface area contributed by atoms with E-state index in [4.69, 9.17) is 21.1 Å². The molecular weight excluding hydrogens is 488 g/mol. The summed E-state index contributed by atoms with van der Waals surface area (Å²) in [5.41, 5.74) is 1.63. The number of carbonyl (C=O) groups is 3. The Morgan fingerprint density at radius 3 is 2.03 bits per heavy atom. The van der Waals surface area contributed by atoms with Crippen LogP contribution in [0.2, 0.25) is 5.02 Å². The van der Waals surface area contributed by atoms with E-state index >= 15 is 0 Å². The van der Waals surface area contributed by atoms with Crippen LogP contribution in [0.15, 0.2) is 103 Å². The Morgan fingerprint density at radius 2 is 1.38 bits per heavy atom. The fourth-order valence-corrected chi connectivity index (χ4v) is 4.84. The molecule has 1 aliphatic heterocycles. The number of rotatable bonds is 7. The van der Waals surface area contributed by atoms with Gasteiger partial charge in [0.15, 0.2) is 17.3 Å². The highest BCUT2D eigenvalue weighted by Crippen LogP contribution is 2.44. The third-order valence-corrected chi connectivity index (χ3v) is 6.84. The van der Waals surface area contributed by atoms with Gasteiger partial charge in [-0.05, 0) is 54.1 Å². The van der Waals surface area contributed by atoms with Gasteiger partial charge in [0.1, 0.15) is 17.6 Å². The van der Waals surface area contributed by atoms with E-state index in [2.05, 4.69) is 0 Å². The van der Waals surface area contributed by atoms with Gasteiger partial charge in [-0.2, -0.15) is 0 Å². The van der Waals surface area contributed by atoms with E-state index in [9.17, 15) is 14.4 Å². The maximum absolute atomic E-state index is 14.1. The van der Waals surface area contributed by atoms with Crippen LogP contribution >= 0.6 is 11.6 Å². The second kappa shape index (κ2) is 10.4. The Bertz CT molecular complexity index is 1450. The summed E-state index contributed by atoms with van der Waals surface area (Å²) < 4.78 is 11.6. The fourth-order valence-electron chi connectivity index (χ4n) is 4.72. The number of methoxy groups -OCH3 is 1. The van der Waals surface area contributed by atoms with E-state index in [1.54, 1.807) is 110 Å². The molecule has 0 aromatic heterocycles. The van der Waals surface area contributed by atoms with Crippen molar-refractivity contribution in [2.75, 3.05) is 7.11 Å². The summed E-state index contributed by atoms with van der Waals surface area (Å²) in [7, 11) is 1.56. The normalized spacial score (nSPS) is 17.3. The van der Waals surface area contributed by atoms with E-state index in [0.717, 1.165) is 0 Å². The van der Waals surface area contributed by atoms with Gasteiger partial charge in [0, 0.05) is 16.1 Å². The number of benzene rings is 4. The number of fused-ring (bicyclic) bond motifs is 1. The third-order valence-electron chi connectivity index (χ3n) is 6.59. The lowest BCUT2D eigenvalue weighted by molar-refractivity contribution is 0.0428. The van der Waals surface area contributed by atoms with E-state index in [1.165, 1.54) is 0 Å². The van der Waals surface area contributed by atoms with Crippen LogP contribution in [0.5, 0.6) is 11.5 Å². The average molecular weight is 511 g/mol. The van der Waals surface area contributed by atoms with Crippen LogP contribution in [0.1, 0.15) is 42.7 Å². The highest BCUT2D eigenvalue weighted by molar-refractivity contribution is 6.30. The Morgan fingerprint density at radius 1 is 0.784 bits per heavy atom. The molecule has 1 aliphatic rings. The lowest BCUT2D eigenvalue weighted by Crippen LogP contribution is -2.43. The Balaban J connectivity index is 1.68. The summed E-state index contributed by atoms with van der Waals surface area (Å²) in [6.45, 7) is 0. The monoisotopic (exact) mass is 510 g/mol. The average Bonchev–Trinajstić information content (AvgIpc) is 2.95. The van der Waals surface area contributed by atoms with E-state index in [-0.39, 0.29) is 5.78 Å². The summed E-state index contributed by atoms with van der Waals surface area (Å²) >= 11 is 6.05. The smallest absolute Gasteiger partial charge is 0.174 e. The van der Waals surface area contributed by atoms with Crippen molar-refractivity contribution < 1.29 is 23.9 Å². The predicted octanol–water partition coefficient (Wildman–Crippen LogP) is 6.66. The van der Waals surface area contributed by atoms with Crippen molar-refractivity contribution in [3.63, 3.8) is 0 Å². The van der Waals surface area contributed by atoms with Crippen LogP contribution < -0.4 is 9.47 Å². The summed E-state index contributed by atoms with van der Waals surface area (Å²) in [4.78, 5) is 42.1. The molecule has 5 rings (SSSR count). The molecule has 4 aromatic carbocycles. The maximum Gasteiger partial charge on any atom is 0.174 e. The fraction of sp³-hybridized carbons (Fsp3) is 0.129. The SMILES string of the molecule is COc1ccc(C2Oc3ccccc3C(=O)C2C(C(=O)c2ccccc2)C(=O)c2ccc(Cl)cc2)cc1. The molecule has 1 heterocycles. The molecule has 0 spiro atoms. The van der Waals surface area contributed by atoms with Crippen molar-refractivity contribution in [2.24, 2.45) is 11.8 Å². The number of ether oxygens (including phenoxy) is 2. The highest BCUT2D eigenvalue weighted by atomic mass is 35.5. The molecule has 5 nitrogen and oxygen atoms in total. The summed E-state index contributed by atoms with van der Waals surface area (Å²) in [6, 6.07) is 28.8. The Labute approximate surface area is 219 Å². The number of halogens is 1. The first-order chi connectivity index (χ1) is 18.0. The van der Waals surface area contributed by atoms with Gasteiger partial charge in [-0.1, -0.05) is 66.2 Å². The number of Topliss-reactive ketones (excluding diaryl/α,β-unsaturated/α-hetero) is 3. The molecule has 0 saturated carbocycles. The Hall–Kier alpha value is -4.22. The second-order valence-electron chi connectivity index (χ2n) is 8.78. The minimum atomic E-state index is -1.32. The summed E-state index contributed by atoms with van der Waals surface area (Å²) in [5, 5.41) is 0.463. The van der Waals surface area contributed by atoms with Crippen LogP contribution in [-0.2, 0) is 0 Å². The third kappa shape index (κ3) is 4.78. The number of para-hydroxylation sites is 1. The standard InChI is InChI=1S/C31H23ClO5/c1-36-23-17-13-21(14-18-23)31-27(30(35)24-9-5-6-10-25(24)37-31)26(28(33)19-7-3-2-4-8-19)29(34)20-11-15-22(32)16-12-20/h2-18,26-27,31H,1H3. The van der Waals surface area contributed by atoms with E-state index in [0.29, 0.717) is 38.8 Å². The van der Waals surface area contributed by atoms with Crippen molar-refractivity contribution in [3.05, 3.63) is 130 Å². The molecule has 184 valence electrons. The summed E-state index contributed by atoms with van der Waals surface area (Å²) in [6.07, 6.45) is -0.873. The van der Waals surface area contributed by atoms with Crippen LogP contribution in [0.25, 0.3) is 0 Å². The first-order valence-corrected chi connectivity index (χ1v) is 12.2. The minimum Gasteiger partial charge on any atom is -0.497 e. The van der Waals surface area contributed by atoms with E-state index in [1.807, 2.05) is 0 Å². The molecule has 6 heteroatoms. The van der Waals surface area contributed by atoms with Crippen molar-refractivity contribution >= 4 is 29.0 Å². The lowest BCUT2D eigenvalue weighted by atomic mass is 9.71. The summed E-state index contributed by atoms with van der Waals surface area (Å²) in [5.74, 6) is -2.60. The lowest BCUT2D eigenvalue weighted by Gasteiger charge is -2.36. The van der Waals surface area contributed by atoms with Crippen LogP contribution in [0, 0.1) is 11.8 Å². The van der Waals surface area contributed by atoms with Gasteiger partial charge in [-0.15, -0.1) is 0 Å². The van der Waals surface area contributed by atoms with Gasteiger partial charge >= 0.3 is 0 Å². The molecule has 3 atom stereocenters. The van der Waals surface area contributed by atoms with Crippen LogP contribution in [0.4, 0.5) is 0 Å². The van der Waals surface area contributed by atoms with Crippen LogP contribution in [0.3, 0.4) is 0 Å². The first kappa shape index (κ1) is 24.5. The number of ketones is 3. The molecule has 0 fully saturated rings. The van der Waals surface area contributed by atoms with Crippen molar-refractivity contribution in [2.45, 2.75) is 6.10 Å². The molecule has 0 aliphatic carbocycles. The first-order valence-electron chi connectivity index (χ1n) is 11.8. The molecule has 0 amide bonds. The molecular formula is C31H23ClO5. The maximum atomic E-state index is 14.1. The van der Waals surface area contributed by atoms with Gasteiger partial charge in [-0.25, -0.2) is 0 Å². The predicted molar refractivity (Wildman–Crippen MR) is 141 cm³/mol. The largest absolute Gasteiger partial charge is 0.497 e. The van der Waals surface area contributed by atoms with Gasteiger partial charge in [0.2, 0.25) is 0 Å². The van der Waals surface area contributed by atoms with Crippen molar-refractivity contribution in [1.29, 1.82) is 0 Å². The molecule has 0 N–H and O–H groups in total. The van der Waals surface area contributed by atoms with E-state index < -0.39 is 29.5 Å². The number of hydrogen-bond donors (Lipinski definition) is 0. The zero-order valence-corrected chi connectivity index (χ0v) is 20.7. The Kier molecular flexibility index (Phi) is 6.89. The second-order valence-corrected chi connectivity index (χ2v) is 9.21. The zero-order chi connectivity index (χ0) is 25.9. The minimum absolute atomic E-state index is 0.291. The molecule has 37 heavy (non-hydrogen) atoms. The molecule has 0 saturated heterocycles. The molecule has 4 aromatic rings.